The molecule has 3 amide bonds. The minimum atomic E-state index is -0.494. The molecule has 3 aromatic rings. The van der Waals surface area contributed by atoms with Crippen LogP contribution in [0.2, 0.25) is 0 Å². The van der Waals surface area contributed by atoms with E-state index in [1.807, 2.05) is 55.5 Å². The standard InChI is InChI=1S/C28H29N3O4/c1-18-7-11-22(12-8-18)31-25(32)16-15-24(26(31)19-9-13-23(35-3)14-10-19)28(34)30-21-6-4-5-20(17-21)27(33)29-2/h4-14,17,24,26H,15-16H2,1-3H3,(H,29,33)(H,30,34)/t24-,26+/m0/s1. The summed E-state index contributed by atoms with van der Waals surface area (Å²) in [5.74, 6) is -0.258. The first-order valence-electron chi connectivity index (χ1n) is 11.6. The molecule has 1 saturated heterocycles. The van der Waals surface area contributed by atoms with Gasteiger partial charge in [-0.05, 0) is 61.4 Å². The molecule has 4 rings (SSSR count). The van der Waals surface area contributed by atoms with Gasteiger partial charge in [-0.15, -0.1) is 0 Å². The number of anilines is 2. The van der Waals surface area contributed by atoms with Crippen LogP contribution >= 0.6 is 0 Å². The highest BCUT2D eigenvalue weighted by Crippen LogP contribution is 2.41. The summed E-state index contributed by atoms with van der Waals surface area (Å²) in [4.78, 5) is 40.5. The summed E-state index contributed by atoms with van der Waals surface area (Å²) < 4.78 is 5.30. The van der Waals surface area contributed by atoms with Gasteiger partial charge in [0.15, 0.2) is 0 Å². The molecule has 0 bridgehead atoms. The Balaban J connectivity index is 1.70. The highest BCUT2D eigenvalue weighted by molar-refractivity contribution is 6.01. The van der Waals surface area contributed by atoms with Crippen LogP contribution in [0.4, 0.5) is 11.4 Å². The third-order valence-corrected chi connectivity index (χ3v) is 6.32. The SMILES string of the molecule is CNC(=O)c1cccc(NC(=O)[C@H]2CCC(=O)N(c3ccc(C)cc3)[C@@H]2c2ccc(OC)cc2)c1. The van der Waals surface area contributed by atoms with E-state index in [1.54, 1.807) is 43.3 Å². The van der Waals surface area contributed by atoms with Gasteiger partial charge in [0.1, 0.15) is 5.75 Å². The second-order valence-corrected chi connectivity index (χ2v) is 8.61. The van der Waals surface area contributed by atoms with E-state index in [1.165, 1.54) is 0 Å². The molecule has 2 N–H and O–H groups in total. The lowest BCUT2D eigenvalue weighted by atomic mass is 9.83. The third kappa shape index (κ3) is 5.19. The van der Waals surface area contributed by atoms with E-state index in [9.17, 15) is 14.4 Å². The summed E-state index contributed by atoms with van der Waals surface area (Å²) >= 11 is 0. The maximum atomic E-state index is 13.6. The number of amides is 3. The van der Waals surface area contributed by atoms with E-state index in [2.05, 4.69) is 10.6 Å². The van der Waals surface area contributed by atoms with Crippen LogP contribution in [0.25, 0.3) is 0 Å². The highest BCUT2D eigenvalue weighted by Gasteiger charge is 2.41. The smallest absolute Gasteiger partial charge is 0.251 e. The number of hydrogen-bond acceptors (Lipinski definition) is 4. The van der Waals surface area contributed by atoms with Crippen molar-refractivity contribution in [2.45, 2.75) is 25.8 Å². The summed E-state index contributed by atoms with van der Waals surface area (Å²) in [6.45, 7) is 1.99. The number of hydrogen-bond donors (Lipinski definition) is 2. The van der Waals surface area contributed by atoms with Gasteiger partial charge < -0.3 is 20.3 Å². The summed E-state index contributed by atoms with van der Waals surface area (Å²) in [6.07, 6.45) is 0.676. The molecule has 0 aliphatic carbocycles. The van der Waals surface area contributed by atoms with E-state index < -0.39 is 12.0 Å². The van der Waals surface area contributed by atoms with Crippen LogP contribution in [-0.2, 0) is 9.59 Å². The van der Waals surface area contributed by atoms with Gasteiger partial charge in [-0.1, -0.05) is 35.9 Å². The van der Waals surface area contributed by atoms with Crippen LogP contribution in [0, 0.1) is 12.8 Å². The molecule has 3 aromatic carbocycles. The molecule has 2 atom stereocenters. The molecule has 1 aliphatic heterocycles. The summed E-state index contributed by atoms with van der Waals surface area (Å²) in [5.41, 5.74) is 3.67. The van der Waals surface area contributed by atoms with Gasteiger partial charge in [0.2, 0.25) is 11.8 Å². The van der Waals surface area contributed by atoms with Crippen molar-refractivity contribution < 1.29 is 19.1 Å². The maximum Gasteiger partial charge on any atom is 0.251 e. The van der Waals surface area contributed by atoms with E-state index in [4.69, 9.17) is 4.74 Å². The number of nitrogens with zero attached hydrogens (tertiary/aromatic N) is 1. The van der Waals surface area contributed by atoms with Crippen molar-refractivity contribution in [3.8, 4) is 5.75 Å². The molecule has 0 radical (unpaired) electrons. The van der Waals surface area contributed by atoms with Gasteiger partial charge in [-0.3, -0.25) is 14.4 Å². The molecule has 7 nitrogen and oxygen atoms in total. The minimum absolute atomic E-state index is 0.0275. The van der Waals surface area contributed by atoms with Gasteiger partial charge in [-0.25, -0.2) is 0 Å². The topological polar surface area (TPSA) is 87.7 Å². The normalized spacial score (nSPS) is 17.6. The third-order valence-electron chi connectivity index (χ3n) is 6.32. The number of nitrogens with one attached hydrogen (secondary N) is 2. The predicted molar refractivity (Wildman–Crippen MR) is 136 cm³/mol. The Morgan fingerprint density at radius 2 is 1.71 bits per heavy atom. The van der Waals surface area contributed by atoms with E-state index in [0.717, 1.165) is 16.8 Å². The van der Waals surface area contributed by atoms with Crippen LogP contribution < -0.4 is 20.3 Å². The van der Waals surface area contributed by atoms with Gasteiger partial charge in [0.25, 0.3) is 5.91 Å². The van der Waals surface area contributed by atoms with Crippen LogP contribution in [0.3, 0.4) is 0 Å². The number of methoxy groups -OCH3 is 1. The highest BCUT2D eigenvalue weighted by atomic mass is 16.5. The average molecular weight is 472 g/mol. The number of ether oxygens (including phenoxy) is 1. The van der Waals surface area contributed by atoms with E-state index >= 15 is 0 Å². The minimum Gasteiger partial charge on any atom is -0.497 e. The molecule has 1 heterocycles. The molecule has 1 fully saturated rings. The molecular weight excluding hydrogens is 442 g/mol. The summed E-state index contributed by atoms with van der Waals surface area (Å²) in [6, 6.07) is 21.5. The second-order valence-electron chi connectivity index (χ2n) is 8.61. The number of carbonyl (C=O) groups excluding carboxylic acids is 3. The van der Waals surface area contributed by atoms with Crippen molar-refractivity contribution in [3.05, 3.63) is 89.5 Å². The Labute approximate surface area is 205 Å². The van der Waals surface area contributed by atoms with Gasteiger partial charge in [0, 0.05) is 30.4 Å². The van der Waals surface area contributed by atoms with Gasteiger partial charge >= 0.3 is 0 Å². The van der Waals surface area contributed by atoms with E-state index in [0.29, 0.717) is 23.4 Å². The Morgan fingerprint density at radius 1 is 1.00 bits per heavy atom. The fourth-order valence-electron chi connectivity index (χ4n) is 4.48. The van der Waals surface area contributed by atoms with Crippen molar-refractivity contribution in [1.29, 1.82) is 0 Å². The first-order valence-corrected chi connectivity index (χ1v) is 11.6. The number of piperidine rings is 1. The zero-order valence-corrected chi connectivity index (χ0v) is 20.1. The van der Waals surface area contributed by atoms with Crippen molar-refractivity contribution >= 4 is 29.1 Å². The molecule has 1 aliphatic rings. The largest absolute Gasteiger partial charge is 0.497 e. The lowest BCUT2D eigenvalue weighted by Gasteiger charge is -2.41. The molecule has 0 unspecified atom stereocenters. The summed E-state index contributed by atoms with van der Waals surface area (Å²) in [5, 5.41) is 5.56. The Bertz CT molecular complexity index is 1220. The van der Waals surface area contributed by atoms with Crippen LogP contribution in [0.15, 0.2) is 72.8 Å². The van der Waals surface area contributed by atoms with Crippen LogP contribution in [-0.4, -0.2) is 31.9 Å². The predicted octanol–water partition coefficient (Wildman–Crippen LogP) is 4.49. The van der Waals surface area contributed by atoms with Crippen molar-refractivity contribution in [3.63, 3.8) is 0 Å². The molecule has 180 valence electrons. The van der Waals surface area contributed by atoms with Crippen LogP contribution in [0.1, 0.15) is 40.4 Å². The molecule has 35 heavy (non-hydrogen) atoms. The second kappa shape index (κ2) is 10.4. The van der Waals surface area contributed by atoms with Crippen LogP contribution in [0.5, 0.6) is 5.75 Å². The lowest BCUT2D eigenvalue weighted by Crippen LogP contribution is -2.47. The number of carbonyl (C=O) groups is 3. The first-order chi connectivity index (χ1) is 16.9. The molecule has 0 saturated carbocycles. The fourth-order valence-corrected chi connectivity index (χ4v) is 4.48. The maximum absolute atomic E-state index is 13.6. The molecular formula is C28H29N3O4. The zero-order valence-electron chi connectivity index (χ0n) is 20.1. The molecule has 0 spiro atoms. The quantitative estimate of drug-likeness (QED) is 0.555. The first kappa shape index (κ1) is 24.0. The van der Waals surface area contributed by atoms with E-state index in [-0.39, 0.29) is 24.1 Å². The van der Waals surface area contributed by atoms with Crippen molar-refractivity contribution in [1.82, 2.24) is 5.32 Å². The molecule has 0 aromatic heterocycles. The Morgan fingerprint density at radius 3 is 2.37 bits per heavy atom. The number of rotatable bonds is 6. The number of benzene rings is 3. The van der Waals surface area contributed by atoms with Crippen molar-refractivity contribution in [2.75, 3.05) is 24.4 Å². The number of aryl methyl sites for hydroxylation is 1. The Kier molecular flexibility index (Phi) is 7.15. The zero-order chi connectivity index (χ0) is 24.9. The molecule has 7 heteroatoms. The van der Waals surface area contributed by atoms with Gasteiger partial charge in [-0.2, -0.15) is 0 Å². The summed E-state index contributed by atoms with van der Waals surface area (Å²) in [7, 11) is 3.16. The lowest BCUT2D eigenvalue weighted by molar-refractivity contribution is -0.125. The Hall–Kier alpha value is -4.13. The average Bonchev–Trinajstić information content (AvgIpc) is 2.88. The fraction of sp³-hybridized carbons (Fsp3) is 0.250. The van der Waals surface area contributed by atoms with Crippen molar-refractivity contribution in [2.24, 2.45) is 5.92 Å². The monoisotopic (exact) mass is 471 g/mol. The van der Waals surface area contributed by atoms with Gasteiger partial charge in [0.05, 0.1) is 19.1 Å².